The van der Waals surface area contributed by atoms with Gasteiger partial charge in [-0.1, -0.05) is 32.0 Å². The summed E-state index contributed by atoms with van der Waals surface area (Å²) in [5.41, 5.74) is 1.02. The molecule has 1 aromatic carbocycles. The average Bonchev–Trinajstić information content (AvgIpc) is 2.40. The van der Waals surface area contributed by atoms with Gasteiger partial charge in [-0.05, 0) is 49.7 Å². The van der Waals surface area contributed by atoms with E-state index in [0.29, 0.717) is 0 Å². The second-order valence-corrected chi connectivity index (χ2v) is 6.01. The lowest BCUT2D eigenvalue weighted by Crippen LogP contribution is -2.45. The number of aliphatic hydroxyl groups is 1. The number of nitrogens with one attached hydrogen (secondary N) is 1. The lowest BCUT2D eigenvalue weighted by atomic mass is 9.73. The summed E-state index contributed by atoms with van der Waals surface area (Å²) < 4.78 is 0. The number of para-hydroxylation sites is 1. The Hall–Kier alpha value is -1.02. The lowest BCUT2D eigenvalue weighted by molar-refractivity contribution is 0.136. The first-order valence-corrected chi connectivity index (χ1v) is 7.09. The van der Waals surface area contributed by atoms with Crippen LogP contribution < -0.4 is 5.32 Å². The Bertz CT molecular complexity index is 353. The summed E-state index contributed by atoms with van der Waals surface area (Å²) >= 11 is 0. The molecular formula is C16H25NO. The smallest absolute Gasteiger partial charge is 0.0661 e. The quantitative estimate of drug-likeness (QED) is 0.850. The molecule has 18 heavy (non-hydrogen) atoms. The topological polar surface area (TPSA) is 32.3 Å². The maximum absolute atomic E-state index is 9.77. The third-order valence-electron chi connectivity index (χ3n) is 4.42. The Kier molecular flexibility index (Phi) is 4.28. The minimum Gasteiger partial charge on any atom is -0.394 e. The van der Waals surface area contributed by atoms with E-state index in [-0.39, 0.29) is 12.1 Å². The molecule has 1 saturated carbocycles. The molecule has 2 rings (SSSR count). The molecule has 0 radical (unpaired) electrons. The van der Waals surface area contributed by atoms with E-state index in [9.17, 15) is 5.11 Å². The fourth-order valence-corrected chi connectivity index (χ4v) is 3.01. The van der Waals surface area contributed by atoms with Crippen molar-refractivity contribution in [2.45, 2.75) is 45.1 Å². The highest BCUT2D eigenvalue weighted by atomic mass is 16.3. The first-order valence-electron chi connectivity index (χ1n) is 7.09. The minimum absolute atomic E-state index is 0.104. The van der Waals surface area contributed by atoms with E-state index < -0.39 is 0 Å². The fourth-order valence-electron chi connectivity index (χ4n) is 3.01. The van der Waals surface area contributed by atoms with Crippen LogP contribution in [0.3, 0.4) is 0 Å². The van der Waals surface area contributed by atoms with Gasteiger partial charge in [0.25, 0.3) is 0 Å². The van der Waals surface area contributed by atoms with Crippen molar-refractivity contribution in [3.05, 3.63) is 30.3 Å². The van der Waals surface area contributed by atoms with Gasteiger partial charge in [0.05, 0.1) is 12.1 Å². The van der Waals surface area contributed by atoms with E-state index in [0.717, 1.165) is 30.4 Å². The number of hydrogen-bond donors (Lipinski definition) is 2. The van der Waals surface area contributed by atoms with Gasteiger partial charge in [0.15, 0.2) is 0 Å². The molecule has 1 aliphatic carbocycles. The molecule has 1 aromatic rings. The summed E-state index contributed by atoms with van der Waals surface area (Å²) in [7, 11) is 0. The van der Waals surface area contributed by atoms with Crippen molar-refractivity contribution in [1.29, 1.82) is 0 Å². The molecule has 0 saturated heterocycles. The van der Waals surface area contributed by atoms with E-state index in [1.54, 1.807) is 0 Å². The zero-order valence-corrected chi connectivity index (χ0v) is 11.5. The van der Waals surface area contributed by atoms with E-state index in [1.165, 1.54) is 12.8 Å². The van der Waals surface area contributed by atoms with Crippen LogP contribution in [0.25, 0.3) is 0 Å². The molecule has 0 atom stereocenters. The summed E-state index contributed by atoms with van der Waals surface area (Å²) in [5.74, 6) is 1.58. The molecule has 0 spiro atoms. The van der Waals surface area contributed by atoms with Gasteiger partial charge in [-0.3, -0.25) is 0 Å². The number of rotatable bonds is 4. The van der Waals surface area contributed by atoms with Gasteiger partial charge in [0.1, 0.15) is 0 Å². The molecular weight excluding hydrogens is 222 g/mol. The van der Waals surface area contributed by atoms with Crippen molar-refractivity contribution in [3.8, 4) is 0 Å². The summed E-state index contributed by atoms with van der Waals surface area (Å²) in [6.45, 7) is 4.84. The average molecular weight is 247 g/mol. The zero-order chi connectivity index (χ0) is 13.0. The second-order valence-electron chi connectivity index (χ2n) is 6.01. The maximum atomic E-state index is 9.77. The van der Waals surface area contributed by atoms with Crippen LogP contribution in [0.15, 0.2) is 30.3 Å². The van der Waals surface area contributed by atoms with Crippen LogP contribution in [0.5, 0.6) is 0 Å². The largest absolute Gasteiger partial charge is 0.394 e. The Morgan fingerprint density at radius 3 is 2.33 bits per heavy atom. The Morgan fingerprint density at radius 1 is 1.22 bits per heavy atom. The summed E-state index contributed by atoms with van der Waals surface area (Å²) in [6, 6.07) is 10.2. The van der Waals surface area contributed by atoms with Crippen LogP contribution >= 0.6 is 0 Å². The van der Waals surface area contributed by atoms with Gasteiger partial charge in [0, 0.05) is 5.69 Å². The van der Waals surface area contributed by atoms with Crippen molar-refractivity contribution in [2.75, 3.05) is 11.9 Å². The van der Waals surface area contributed by atoms with Crippen molar-refractivity contribution in [3.63, 3.8) is 0 Å². The molecule has 100 valence electrons. The predicted octanol–water partition coefficient (Wildman–Crippen LogP) is 3.68. The Labute approximate surface area is 110 Å². The summed E-state index contributed by atoms with van der Waals surface area (Å²) in [4.78, 5) is 0. The summed E-state index contributed by atoms with van der Waals surface area (Å²) in [5, 5.41) is 13.3. The SMILES string of the molecule is CC(C)C1CCC(CO)(Nc2ccccc2)CC1. The molecule has 0 aliphatic heterocycles. The fraction of sp³-hybridized carbons (Fsp3) is 0.625. The highest BCUT2D eigenvalue weighted by Gasteiger charge is 2.35. The van der Waals surface area contributed by atoms with Gasteiger partial charge >= 0.3 is 0 Å². The van der Waals surface area contributed by atoms with Crippen LogP contribution in [-0.4, -0.2) is 17.3 Å². The van der Waals surface area contributed by atoms with Crippen molar-refractivity contribution >= 4 is 5.69 Å². The standard InChI is InChI=1S/C16H25NO/c1-13(2)14-8-10-16(12-18,11-9-14)17-15-6-4-3-5-7-15/h3-7,13-14,17-18H,8-12H2,1-2H3. The molecule has 2 heteroatoms. The van der Waals surface area contributed by atoms with Gasteiger partial charge in [0.2, 0.25) is 0 Å². The van der Waals surface area contributed by atoms with Crippen LogP contribution in [0.2, 0.25) is 0 Å². The van der Waals surface area contributed by atoms with Gasteiger partial charge in [-0.15, -0.1) is 0 Å². The molecule has 0 bridgehead atoms. The Balaban J connectivity index is 2.00. The number of anilines is 1. The summed E-state index contributed by atoms with van der Waals surface area (Å²) in [6.07, 6.45) is 4.58. The van der Waals surface area contributed by atoms with Crippen LogP contribution in [-0.2, 0) is 0 Å². The number of aliphatic hydroxyl groups excluding tert-OH is 1. The minimum atomic E-state index is -0.104. The first kappa shape index (κ1) is 13.4. The monoisotopic (exact) mass is 247 g/mol. The van der Waals surface area contributed by atoms with E-state index >= 15 is 0 Å². The molecule has 2 nitrogen and oxygen atoms in total. The molecule has 0 amide bonds. The van der Waals surface area contributed by atoms with Crippen LogP contribution in [0.4, 0.5) is 5.69 Å². The molecule has 0 aromatic heterocycles. The molecule has 1 aliphatic rings. The Morgan fingerprint density at radius 2 is 1.83 bits per heavy atom. The third-order valence-corrected chi connectivity index (χ3v) is 4.42. The normalized spacial score (nSPS) is 28.3. The lowest BCUT2D eigenvalue weighted by Gasteiger charge is -2.41. The molecule has 1 fully saturated rings. The first-order chi connectivity index (χ1) is 8.65. The molecule has 0 unspecified atom stereocenters. The number of hydrogen-bond acceptors (Lipinski definition) is 2. The maximum Gasteiger partial charge on any atom is 0.0661 e. The van der Waals surface area contributed by atoms with Crippen molar-refractivity contribution in [1.82, 2.24) is 0 Å². The van der Waals surface area contributed by atoms with Crippen LogP contribution in [0, 0.1) is 11.8 Å². The van der Waals surface area contributed by atoms with E-state index in [2.05, 4.69) is 31.3 Å². The van der Waals surface area contributed by atoms with E-state index in [1.807, 2.05) is 18.2 Å². The number of benzene rings is 1. The third kappa shape index (κ3) is 3.05. The van der Waals surface area contributed by atoms with Gasteiger partial charge < -0.3 is 10.4 Å². The highest BCUT2D eigenvalue weighted by molar-refractivity contribution is 5.45. The highest BCUT2D eigenvalue weighted by Crippen LogP contribution is 2.37. The van der Waals surface area contributed by atoms with Crippen molar-refractivity contribution < 1.29 is 5.11 Å². The van der Waals surface area contributed by atoms with Crippen LogP contribution in [0.1, 0.15) is 39.5 Å². The van der Waals surface area contributed by atoms with Gasteiger partial charge in [-0.25, -0.2) is 0 Å². The molecule has 2 N–H and O–H groups in total. The molecule has 0 heterocycles. The van der Waals surface area contributed by atoms with E-state index in [4.69, 9.17) is 0 Å². The van der Waals surface area contributed by atoms with Gasteiger partial charge in [-0.2, -0.15) is 0 Å². The van der Waals surface area contributed by atoms with Crippen molar-refractivity contribution in [2.24, 2.45) is 11.8 Å². The predicted molar refractivity (Wildman–Crippen MR) is 76.7 cm³/mol. The second kappa shape index (κ2) is 5.75. The zero-order valence-electron chi connectivity index (χ0n) is 11.5.